The maximum Gasteiger partial charge on any atom is 0.276 e. The topological polar surface area (TPSA) is 102 Å². The number of rotatable bonds is 3. The van der Waals surface area contributed by atoms with Crippen molar-refractivity contribution < 1.29 is 14.3 Å². The van der Waals surface area contributed by atoms with Crippen molar-refractivity contribution in [3.05, 3.63) is 53.5 Å². The van der Waals surface area contributed by atoms with E-state index in [1.54, 1.807) is 28.8 Å². The summed E-state index contributed by atoms with van der Waals surface area (Å²) in [7, 11) is 1.82. The number of carbonyl (C=O) groups excluding carboxylic acids is 1. The Morgan fingerprint density at radius 3 is 2.88 bits per heavy atom. The predicted molar refractivity (Wildman–Crippen MR) is 85.5 cm³/mol. The lowest BCUT2D eigenvalue weighted by molar-refractivity contribution is 0.0698. The second kappa shape index (κ2) is 5.85. The molecule has 25 heavy (non-hydrogen) atoms. The van der Waals surface area contributed by atoms with E-state index in [1.165, 1.54) is 6.39 Å². The van der Waals surface area contributed by atoms with E-state index in [0.29, 0.717) is 42.6 Å². The van der Waals surface area contributed by atoms with Gasteiger partial charge in [0.25, 0.3) is 5.91 Å². The van der Waals surface area contributed by atoms with Gasteiger partial charge in [-0.2, -0.15) is 5.10 Å². The molecule has 1 amide bonds. The van der Waals surface area contributed by atoms with Gasteiger partial charge in [-0.05, 0) is 13.0 Å². The normalized spacial score (nSPS) is 15.2. The molecule has 0 aliphatic carbocycles. The third-order valence-corrected chi connectivity index (χ3v) is 4.43. The van der Waals surface area contributed by atoms with Crippen molar-refractivity contribution in [2.45, 2.75) is 26.1 Å². The number of aromatic nitrogens is 5. The number of amides is 1. The van der Waals surface area contributed by atoms with E-state index in [-0.39, 0.29) is 5.91 Å². The first kappa shape index (κ1) is 15.6. The number of hydrogen-bond donors (Lipinski definition) is 1. The van der Waals surface area contributed by atoms with Crippen LogP contribution in [0.15, 0.2) is 29.3 Å². The number of carbonyl (C=O) groups is 1. The molecule has 0 saturated carbocycles. The van der Waals surface area contributed by atoms with Crippen LogP contribution in [0.25, 0.3) is 0 Å². The Balaban J connectivity index is 1.56. The first-order valence-corrected chi connectivity index (χ1v) is 7.96. The lowest BCUT2D eigenvalue weighted by atomic mass is 10.2. The predicted octanol–water partition coefficient (Wildman–Crippen LogP) is 0.651. The Kier molecular flexibility index (Phi) is 3.65. The summed E-state index contributed by atoms with van der Waals surface area (Å²) in [5.41, 5.74) is 1.72. The lowest BCUT2D eigenvalue weighted by Gasteiger charge is -2.27. The van der Waals surface area contributed by atoms with Gasteiger partial charge in [0.15, 0.2) is 18.2 Å². The number of aryl methyl sites for hydroxylation is 2. The summed E-state index contributed by atoms with van der Waals surface area (Å²) in [6.07, 6.45) is 3.78. The van der Waals surface area contributed by atoms with E-state index in [0.717, 1.165) is 5.69 Å². The van der Waals surface area contributed by atoms with Crippen LogP contribution >= 0.6 is 0 Å². The van der Waals surface area contributed by atoms with Gasteiger partial charge in [0, 0.05) is 26.0 Å². The van der Waals surface area contributed by atoms with Crippen LogP contribution in [0.2, 0.25) is 0 Å². The van der Waals surface area contributed by atoms with Crippen LogP contribution in [0.4, 0.5) is 0 Å². The molecule has 3 aromatic heterocycles. The minimum absolute atomic E-state index is 0.162. The van der Waals surface area contributed by atoms with Crippen molar-refractivity contribution in [1.82, 2.24) is 29.2 Å². The van der Waals surface area contributed by atoms with Gasteiger partial charge in [0.1, 0.15) is 11.6 Å². The molecule has 0 spiro atoms. The fraction of sp³-hybridized carbons (Fsp3) is 0.375. The van der Waals surface area contributed by atoms with E-state index in [1.807, 2.05) is 17.8 Å². The number of nitrogens with zero attached hydrogens (tertiary/aromatic N) is 6. The quantitative estimate of drug-likeness (QED) is 0.750. The van der Waals surface area contributed by atoms with Gasteiger partial charge in [-0.25, -0.2) is 9.97 Å². The highest BCUT2D eigenvalue weighted by Gasteiger charge is 2.28. The molecule has 9 nitrogen and oxygen atoms in total. The van der Waals surface area contributed by atoms with Crippen molar-refractivity contribution >= 4 is 5.91 Å². The number of aliphatic hydroxyl groups is 1. The maximum absolute atomic E-state index is 12.6. The van der Waals surface area contributed by atoms with Gasteiger partial charge in [-0.3, -0.25) is 9.48 Å². The minimum atomic E-state index is -0.903. The van der Waals surface area contributed by atoms with Gasteiger partial charge in [-0.1, -0.05) is 0 Å². The summed E-state index contributed by atoms with van der Waals surface area (Å²) in [5.74, 6) is 0.876. The summed E-state index contributed by atoms with van der Waals surface area (Å²) >= 11 is 0. The van der Waals surface area contributed by atoms with Crippen LogP contribution in [-0.4, -0.2) is 46.8 Å². The molecule has 0 fully saturated rings. The molecule has 130 valence electrons. The largest absolute Gasteiger partial charge is 0.448 e. The highest BCUT2D eigenvalue weighted by Crippen LogP contribution is 2.23. The third-order valence-electron chi connectivity index (χ3n) is 4.43. The molecular weight excluding hydrogens is 324 g/mol. The van der Waals surface area contributed by atoms with Crippen LogP contribution in [0, 0.1) is 6.92 Å². The molecule has 3 aromatic rings. The Labute approximate surface area is 143 Å². The van der Waals surface area contributed by atoms with Crippen molar-refractivity contribution in [2.75, 3.05) is 6.54 Å². The Morgan fingerprint density at radius 2 is 2.20 bits per heavy atom. The number of imidazole rings is 1. The summed E-state index contributed by atoms with van der Waals surface area (Å²) in [4.78, 5) is 22.4. The van der Waals surface area contributed by atoms with E-state index in [9.17, 15) is 9.90 Å². The zero-order chi connectivity index (χ0) is 17.6. The molecule has 1 aliphatic heterocycles. The molecule has 1 N–H and O–H groups in total. The molecule has 0 unspecified atom stereocenters. The summed E-state index contributed by atoms with van der Waals surface area (Å²) in [5, 5.41) is 15.0. The van der Waals surface area contributed by atoms with Gasteiger partial charge in [-0.15, -0.1) is 0 Å². The highest BCUT2D eigenvalue weighted by atomic mass is 16.3. The molecular formula is C16H18N6O3. The van der Waals surface area contributed by atoms with Crippen molar-refractivity contribution in [1.29, 1.82) is 0 Å². The van der Waals surface area contributed by atoms with Gasteiger partial charge < -0.3 is 19.0 Å². The van der Waals surface area contributed by atoms with Crippen molar-refractivity contribution in [3.8, 4) is 0 Å². The second-order valence-corrected chi connectivity index (χ2v) is 6.07. The molecule has 0 radical (unpaired) electrons. The Bertz CT molecular complexity index is 924. The number of fused-ring (bicyclic) bond motifs is 1. The summed E-state index contributed by atoms with van der Waals surface area (Å²) in [6.45, 7) is 3.21. The molecule has 0 saturated heterocycles. The summed E-state index contributed by atoms with van der Waals surface area (Å²) < 4.78 is 8.69. The maximum atomic E-state index is 12.6. The van der Waals surface area contributed by atoms with Crippen LogP contribution in [0.1, 0.15) is 39.6 Å². The van der Waals surface area contributed by atoms with E-state index < -0.39 is 6.10 Å². The van der Waals surface area contributed by atoms with E-state index in [2.05, 4.69) is 15.1 Å². The summed E-state index contributed by atoms with van der Waals surface area (Å²) in [6, 6.07) is 1.81. The Morgan fingerprint density at radius 1 is 1.36 bits per heavy atom. The monoisotopic (exact) mass is 342 g/mol. The van der Waals surface area contributed by atoms with Gasteiger partial charge >= 0.3 is 0 Å². The SMILES string of the molecule is Cc1ocnc1C(=O)N1CCn2nc([C@H](O)c3nccn3C)cc2C1. The van der Waals surface area contributed by atoms with Crippen LogP contribution in [-0.2, 0) is 20.1 Å². The first-order chi connectivity index (χ1) is 12.0. The number of oxazole rings is 1. The Hall–Kier alpha value is -2.94. The van der Waals surface area contributed by atoms with Crippen LogP contribution in [0.5, 0.6) is 0 Å². The molecule has 0 bridgehead atoms. The second-order valence-electron chi connectivity index (χ2n) is 6.07. The zero-order valence-electron chi connectivity index (χ0n) is 14.0. The molecule has 1 atom stereocenters. The molecule has 9 heteroatoms. The molecule has 4 rings (SSSR count). The minimum Gasteiger partial charge on any atom is -0.448 e. The smallest absolute Gasteiger partial charge is 0.276 e. The van der Waals surface area contributed by atoms with Crippen LogP contribution in [0.3, 0.4) is 0 Å². The fourth-order valence-electron chi connectivity index (χ4n) is 3.03. The zero-order valence-corrected chi connectivity index (χ0v) is 14.0. The third kappa shape index (κ3) is 2.62. The van der Waals surface area contributed by atoms with Gasteiger partial charge in [0.05, 0.1) is 24.5 Å². The average Bonchev–Trinajstić information content (AvgIpc) is 3.32. The number of hydrogen-bond acceptors (Lipinski definition) is 6. The molecule has 4 heterocycles. The first-order valence-electron chi connectivity index (χ1n) is 7.96. The van der Waals surface area contributed by atoms with E-state index in [4.69, 9.17) is 4.42 Å². The van der Waals surface area contributed by atoms with E-state index >= 15 is 0 Å². The number of aliphatic hydroxyl groups excluding tert-OH is 1. The average molecular weight is 342 g/mol. The van der Waals surface area contributed by atoms with Crippen molar-refractivity contribution in [2.24, 2.45) is 7.05 Å². The standard InChI is InChI=1S/C16H18N6O3/c1-10-13(18-9-25-10)16(24)21-5-6-22-11(8-21)7-12(19-22)14(23)15-17-3-4-20(15)2/h3-4,7,9,14,23H,5-6,8H2,1-2H3/t14-/m0/s1. The fourth-order valence-corrected chi connectivity index (χ4v) is 3.03. The lowest BCUT2D eigenvalue weighted by Crippen LogP contribution is -2.38. The van der Waals surface area contributed by atoms with Crippen molar-refractivity contribution in [3.63, 3.8) is 0 Å². The highest BCUT2D eigenvalue weighted by molar-refractivity contribution is 5.93. The molecule has 0 aromatic carbocycles. The van der Waals surface area contributed by atoms with Gasteiger partial charge in [0.2, 0.25) is 0 Å². The van der Waals surface area contributed by atoms with Crippen LogP contribution < -0.4 is 0 Å². The molecule has 1 aliphatic rings.